The summed E-state index contributed by atoms with van der Waals surface area (Å²) in [5.41, 5.74) is 5.77. The molecule has 0 saturated heterocycles. The van der Waals surface area contributed by atoms with E-state index in [-0.39, 0.29) is 0 Å². The van der Waals surface area contributed by atoms with E-state index in [0.29, 0.717) is 6.04 Å². The Bertz CT molecular complexity index is 313. The average molecular weight is 252 g/mol. The molecule has 3 heteroatoms. The normalized spacial score (nSPS) is 27.3. The molecule has 2 nitrogen and oxygen atoms in total. The third-order valence-corrected chi connectivity index (χ3v) is 5.01. The summed E-state index contributed by atoms with van der Waals surface area (Å²) in [6.07, 6.45) is 5.30. The number of thiophene rings is 1. The standard InChI is InChI=1S/C14H24N2S/c1-16(2)14(13-4-3-9-17-13)12-7-5-11(10-15)6-8-12/h3-4,9,11-12,14H,5-8,10,15H2,1-2H3. The minimum atomic E-state index is 0.605. The van der Waals surface area contributed by atoms with Crippen LogP contribution in [0.15, 0.2) is 17.5 Å². The maximum Gasteiger partial charge on any atom is 0.0463 e. The molecule has 96 valence electrons. The van der Waals surface area contributed by atoms with Crippen molar-refractivity contribution in [2.45, 2.75) is 31.7 Å². The molecule has 1 unspecified atom stereocenters. The van der Waals surface area contributed by atoms with Gasteiger partial charge in [-0.2, -0.15) is 0 Å². The molecule has 2 N–H and O–H groups in total. The molecule has 0 aromatic carbocycles. The predicted molar refractivity (Wildman–Crippen MR) is 75.2 cm³/mol. The Morgan fingerprint density at radius 2 is 2.06 bits per heavy atom. The van der Waals surface area contributed by atoms with Crippen molar-refractivity contribution in [2.24, 2.45) is 17.6 Å². The van der Waals surface area contributed by atoms with Gasteiger partial charge in [0.15, 0.2) is 0 Å². The van der Waals surface area contributed by atoms with Gasteiger partial charge in [-0.15, -0.1) is 11.3 Å². The molecule has 1 aliphatic carbocycles. The van der Waals surface area contributed by atoms with Crippen LogP contribution in [0.5, 0.6) is 0 Å². The van der Waals surface area contributed by atoms with Crippen molar-refractivity contribution < 1.29 is 0 Å². The molecule has 17 heavy (non-hydrogen) atoms. The van der Waals surface area contributed by atoms with Gasteiger partial charge in [0.05, 0.1) is 0 Å². The molecule has 1 fully saturated rings. The Morgan fingerprint density at radius 1 is 1.35 bits per heavy atom. The number of rotatable bonds is 4. The first kappa shape index (κ1) is 13.1. The highest BCUT2D eigenvalue weighted by Crippen LogP contribution is 2.40. The quantitative estimate of drug-likeness (QED) is 0.892. The Balaban J connectivity index is 2.03. The Hall–Kier alpha value is -0.380. The van der Waals surface area contributed by atoms with Crippen LogP contribution in [0, 0.1) is 11.8 Å². The second-order valence-electron chi connectivity index (χ2n) is 5.44. The highest BCUT2D eigenvalue weighted by molar-refractivity contribution is 7.10. The first-order valence-corrected chi connectivity index (χ1v) is 7.50. The molecule has 0 amide bonds. The Labute approximate surface area is 109 Å². The second-order valence-corrected chi connectivity index (χ2v) is 6.42. The van der Waals surface area contributed by atoms with Crippen LogP contribution >= 0.6 is 11.3 Å². The minimum absolute atomic E-state index is 0.605. The smallest absolute Gasteiger partial charge is 0.0463 e. The zero-order chi connectivity index (χ0) is 12.3. The van der Waals surface area contributed by atoms with Crippen molar-refractivity contribution in [1.29, 1.82) is 0 Å². The second kappa shape index (κ2) is 5.98. The molecule has 1 atom stereocenters. The molecule has 1 saturated carbocycles. The minimum Gasteiger partial charge on any atom is -0.330 e. The molecule has 0 radical (unpaired) electrons. The fraction of sp³-hybridized carbons (Fsp3) is 0.714. The van der Waals surface area contributed by atoms with Crippen molar-refractivity contribution in [3.8, 4) is 0 Å². The van der Waals surface area contributed by atoms with E-state index in [9.17, 15) is 0 Å². The number of hydrogen-bond acceptors (Lipinski definition) is 3. The molecule has 0 bridgehead atoms. The highest BCUT2D eigenvalue weighted by atomic mass is 32.1. The molecule has 0 spiro atoms. The van der Waals surface area contributed by atoms with Crippen LogP contribution in [0.4, 0.5) is 0 Å². The number of hydrogen-bond donors (Lipinski definition) is 1. The maximum atomic E-state index is 5.77. The summed E-state index contributed by atoms with van der Waals surface area (Å²) in [6.45, 7) is 0.873. The van der Waals surface area contributed by atoms with Crippen molar-refractivity contribution in [3.05, 3.63) is 22.4 Å². The van der Waals surface area contributed by atoms with Crippen LogP contribution in [0.25, 0.3) is 0 Å². The zero-order valence-corrected chi connectivity index (χ0v) is 11.7. The van der Waals surface area contributed by atoms with Gasteiger partial charge in [-0.25, -0.2) is 0 Å². The van der Waals surface area contributed by atoms with Crippen LogP contribution in [0.3, 0.4) is 0 Å². The zero-order valence-electron chi connectivity index (χ0n) is 10.9. The van der Waals surface area contributed by atoms with Gasteiger partial charge in [0.1, 0.15) is 0 Å². The number of nitrogens with zero attached hydrogens (tertiary/aromatic N) is 1. The van der Waals surface area contributed by atoms with Crippen LogP contribution in [0.1, 0.15) is 36.6 Å². The summed E-state index contributed by atoms with van der Waals surface area (Å²) < 4.78 is 0. The predicted octanol–water partition coefficient (Wildman–Crippen LogP) is 3.12. The molecule has 0 aliphatic heterocycles. The van der Waals surface area contributed by atoms with Crippen LogP contribution in [0.2, 0.25) is 0 Å². The lowest BCUT2D eigenvalue weighted by molar-refractivity contribution is 0.153. The van der Waals surface area contributed by atoms with E-state index in [1.54, 1.807) is 0 Å². The molecule has 1 heterocycles. The molecular weight excluding hydrogens is 228 g/mol. The summed E-state index contributed by atoms with van der Waals surface area (Å²) >= 11 is 1.89. The van der Waals surface area contributed by atoms with E-state index in [1.807, 2.05) is 11.3 Å². The summed E-state index contributed by atoms with van der Waals surface area (Å²) in [7, 11) is 4.42. The van der Waals surface area contributed by atoms with Crippen LogP contribution in [-0.2, 0) is 0 Å². The van der Waals surface area contributed by atoms with Gasteiger partial charge in [-0.3, -0.25) is 0 Å². The lowest BCUT2D eigenvalue weighted by Crippen LogP contribution is -2.31. The first-order valence-electron chi connectivity index (χ1n) is 6.62. The fourth-order valence-corrected chi connectivity index (χ4v) is 4.12. The average Bonchev–Trinajstić information content (AvgIpc) is 2.83. The lowest BCUT2D eigenvalue weighted by atomic mass is 9.78. The third-order valence-electron chi connectivity index (χ3n) is 4.06. The van der Waals surface area contributed by atoms with Gasteiger partial charge >= 0.3 is 0 Å². The van der Waals surface area contributed by atoms with Gasteiger partial charge in [-0.1, -0.05) is 6.07 Å². The van der Waals surface area contributed by atoms with Gasteiger partial charge in [0, 0.05) is 10.9 Å². The van der Waals surface area contributed by atoms with Gasteiger partial charge in [0.2, 0.25) is 0 Å². The van der Waals surface area contributed by atoms with Gasteiger partial charge in [0.25, 0.3) is 0 Å². The Morgan fingerprint density at radius 3 is 2.53 bits per heavy atom. The van der Waals surface area contributed by atoms with Gasteiger partial charge in [-0.05, 0) is 69.6 Å². The first-order chi connectivity index (χ1) is 8.22. The SMILES string of the molecule is CN(C)C(c1cccs1)C1CCC(CN)CC1. The summed E-state index contributed by atoms with van der Waals surface area (Å²) in [4.78, 5) is 3.91. The van der Waals surface area contributed by atoms with E-state index < -0.39 is 0 Å². The number of nitrogens with two attached hydrogens (primary N) is 1. The van der Waals surface area contributed by atoms with E-state index in [4.69, 9.17) is 5.73 Å². The lowest BCUT2D eigenvalue weighted by Gasteiger charge is -2.36. The summed E-state index contributed by atoms with van der Waals surface area (Å²) in [5.74, 6) is 1.59. The molecule has 2 rings (SSSR count). The van der Waals surface area contributed by atoms with Gasteiger partial charge < -0.3 is 10.6 Å². The molecule has 1 aliphatic rings. The van der Waals surface area contributed by atoms with Crippen molar-refractivity contribution in [2.75, 3.05) is 20.6 Å². The highest BCUT2D eigenvalue weighted by Gasteiger charge is 2.29. The van der Waals surface area contributed by atoms with E-state index >= 15 is 0 Å². The van der Waals surface area contributed by atoms with Crippen LogP contribution in [-0.4, -0.2) is 25.5 Å². The van der Waals surface area contributed by atoms with Crippen molar-refractivity contribution >= 4 is 11.3 Å². The Kier molecular flexibility index (Phi) is 4.60. The molecular formula is C14H24N2S. The third kappa shape index (κ3) is 3.09. The molecule has 1 aromatic rings. The summed E-state index contributed by atoms with van der Waals surface area (Å²) in [5, 5.41) is 2.19. The largest absolute Gasteiger partial charge is 0.330 e. The van der Waals surface area contributed by atoms with Crippen molar-refractivity contribution in [1.82, 2.24) is 4.90 Å². The van der Waals surface area contributed by atoms with E-state index in [1.165, 1.54) is 30.6 Å². The van der Waals surface area contributed by atoms with E-state index in [0.717, 1.165) is 18.4 Å². The molecule has 1 aromatic heterocycles. The maximum absolute atomic E-state index is 5.77. The summed E-state index contributed by atoms with van der Waals surface area (Å²) in [6, 6.07) is 5.06. The topological polar surface area (TPSA) is 29.3 Å². The fourth-order valence-electron chi connectivity index (χ4n) is 3.11. The van der Waals surface area contributed by atoms with Crippen LogP contribution < -0.4 is 5.73 Å². The monoisotopic (exact) mass is 252 g/mol. The van der Waals surface area contributed by atoms with E-state index in [2.05, 4.69) is 36.5 Å². The van der Waals surface area contributed by atoms with Crippen molar-refractivity contribution in [3.63, 3.8) is 0 Å².